The molecule has 0 spiro atoms. The number of fused-ring (bicyclic) bond motifs is 7. The maximum atomic E-state index is 6.52. The second-order valence-corrected chi connectivity index (χ2v) is 19.1. The van der Waals surface area contributed by atoms with Crippen molar-refractivity contribution in [3.8, 4) is 44.5 Å². The van der Waals surface area contributed by atoms with Gasteiger partial charge in [-0.2, -0.15) is 0 Å². The van der Waals surface area contributed by atoms with Crippen LogP contribution in [0, 0.1) is 0 Å². The molecule has 10 aromatic carbocycles. The summed E-state index contributed by atoms with van der Waals surface area (Å²) in [7, 11) is 0. The Morgan fingerprint density at radius 2 is 1.04 bits per heavy atom. The van der Waals surface area contributed by atoms with Gasteiger partial charge in [-0.3, -0.25) is 0 Å². The van der Waals surface area contributed by atoms with Gasteiger partial charge < -0.3 is 9.32 Å². The summed E-state index contributed by atoms with van der Waals surface area (Å²) in [6, 6.07) is 83.0. The van der Waals surface area contributed by atoms with E-state index in [4.69, 9.17) is 4.42 Å². The summed E-state index contributed by atoms with van der Waals surface area (Å²) in [5.74, 6) is 0.576. The number of rotatable bonds is 8. The Balaban J connectivity index is 0.947. The van der Waals surface area contributed by atoms with Gasteiger partial charge in [-0.1, -0.05) is 201 Å². The van der Waals surface area contributed by atoms with Crippen LogP contribution in [0.1, 0.15) is 67.2 Å². The number of furan rings is 1. The van der Waals surface area contributed by atoms with E-state index >= 15 is 0 Å². The Kier molecular flexibility index (Phi) is 9.75. The van der Waals surface area contributed by atoms with E-state index in [0.717, 1.165) is 50.1 Å². The largest absolute Gasteiger partial charge is 0.455 e. The molecule has 1 fully saturated rings. The van der Waals surface area contributed by atoms with Gasteiger partial charge in [0.05, 0.1) is 5.69 Å². The quantitative estimate of drug-likeness (QED) is 0.151. The van der Waals surface area contributed by atoms with Crippen molar-refractivity contribution in [3.05, 3.63) is 247 Å². The molecule has 0 N–H and O–H groups in total. The predicted octanol–water partition coefficient (Wildman–Crippen LogP) is 18.6. The standard InChI is InChI=1S/C66H51NO/c1-66(49-21-6-3-7-22-49)60-30-11-8-23-54(60)55-42-37-48(43-61(55)66)44-33-38-50(39-34-44)67(51-40-35-46(36-41-51)53-27-16-29-59-57-25-10-13-32-63(57)68-65(53)59)62-31-12-9-24-56(62)58-28-15-20-47-19-14-26-52(64(47)58)45-17-4-2-5-18-45/h3,6-16,19-43,45H,2,4-5,17-18H2,1H3. The molecule has 1 heterocycles. The second-order valence-electron chi connectivity index (χ2n) is 19.1. The van der Waals surface area contributed by atoms with Crippen LogP contribution in [-0.2, 0) is 5.41 Å². The Morgan fingerprint density at radius 3 is 1.85 bits per heavy atom. The lowest BCUT2D eigenvalue weighted by molar-refractivity contribution is 0.445. The highest BCUT2D eigenvalue weighted by Gasteiger charge is 2.40. The van der Waals surface area contributed by atoms with Gasteiger partial charge in [0.25, 0.3) is 0 Å². The van der Waals surface area contributed by atoms with E-state index in [0.29, 0.717) is 5.92 Å². The van der Waals surface area contributed by atoms with Crippen LogP contribution in [0.5, 0.6) is 0 Å². The summed E-state index contributed by atoms with van der Waals surface area (Å²) in [5.41, 5.74) is 20.2. The summed E-state index contributed by atoms with van der Waals surface area (Å²) in [4.78, 5) is 2.46. The first-order valence-corrected chi connectivity index (χ1v) is 24.4. The van der Waals surface area contributed by atoms with Gasteiger partial charge in [-0.25, -0.2) is 0 Å². The molecular weight excluding hydrogens is 823 g/mol. The van der Waals surface area contributed by atoms with Crippen LogP contribution >= 0.6 is 0 Å². The summed E-state index contributed by atoms with van der Waals surface area (Å²) in [6.45, 7) is 2.39. The topological polar surface area (TPSA) is 16.4 Å². The minimum absolute atomic E-state index is 0.260. The maximum Gasteiger partial charge on any atom is 0.143 e. The van der Waals surface area contributed by atoms with E-state index in [9.17, 15) is 0 Å². The summed E-state index contributed by atoms with van der Waals surface area (Å²) < 4.78 is 6.52. The van der Waals surface area contributed by atoms with Crippen LogP contribution in [0.15, 0.2) is 229 Å². The molecular formula is C66H51NO. The van der Waals surface area contributed by atoms with Crippen LogP contribution in [0.2, 0.25) is 0 Å². The number of benzene rings is 10. The molecule has 1 unspecified atom stereocenters. The highest BCUT2D eigenvalue weighted by molar-refractivity contribution is 6.10. The van der Waals surface area contributed by atoms with Crippen LogP contribution in [0.4, 0.5) is 17.1 Å². The monoisotopic (exact) mass is 873 g/mol. The zero-order valence-corrected chi connectivity index (χ0v) is 38.3. The smallest absolute Gasteiger partial charge is 0.143 e. The molecule has 2 nitrogen and oxygen atoms in total. The summed E-state index contributed by atoms with van der Waals surface area (Å²) >= 11 is 0. The van der Waals surface area contributed by atoms with Crippen molar-refractivity contribution in [2.45, 2.75) is 50.4 Å². The predicted molar refractivity (Wildman–Crippen MR) is 285 cm³/mol. The first kappa shape index (κ1) is 40.3. The van der Waals surface area contributed by atoms with Gasteiger partial charge >= 0.3 is 0 Å². The molecule has 1 aromatic heterocycles. The highest BCUT2D eigenvalue weighted by atomic mass is 16.3. The fourth-order valence-electron chi connectivity index (χ4n) is 12.0. The van der Waals surface area contributed by atoms with Crippen molar-refractivity contribution in [2.75, 3.05) is 4.90 Å². The zero-order chi connectivity index (χ0) is 45.2. The van der Waals surface area contributed by atoms with Crippen molar-refractivity contribution in [1.82, 2.24) is 0 Å². The molecule has 2 aliphatic carbocycles. The summed E-state index contributed by atoms with van der Waals surface area (Å²) in [5, 5.41) is 4.97. The lowest BCUT2D eigenvalue weighted by Gasteiger charge is -2.29. The number of anilines is 3. The third-order valence-electron chi connectivity index (χ3n) is 15.4. The third-order valence-corrected chi connectivity index (χ3v) is 15.4. The first-order chi connectivity index (χ1) is 33.6. The minimum Gasteiger partial charge on any atom is -0.455 e. The molecule has 2 aliphatic rings. The molecule has 68 heavy (non-hydrogen) atoms. The van der Waals surface area contributed by atoms with E-state index in [1.54, 1.807) is 0 Å². The van der Waals surface area contributed by atoms with Gasteiger partial charge in [0.15, 0.2) is 0 Å². The molecule has 0 amide bonds. The third kappa shape index (κ3) is 6.54. The average molecular weight is 874 g/mol. The Hall–Kier alpha value is -7.94. The van der Waals surface area contributed by atoms with Crippen molar-refractivity contribution >= 4 is 49.8 Å². The van der Waals surface area contributed by atoms with E-state index in [1.807, 2.05) is 6.07 Å². The van der Waals surface area contributed by atoms with Gasteiger partial charge in [0.2, 0.25) is 0 Å². The van der Waals surface area contributed by atoms with E-state index in [2.05, 4.69) is 230 Å². The molecule has 13 rings (SSSR count). The maximum absolute atomic E-state index is 6.52. The molecule has 11 aromatic rings. The number of para-hydroxylation sites is 3. The number of hydrogen-bond acceptors (Lipinski definition) is 2. The van der Waals surface area contributed by atoms with Crippen molar-refractivity contribution < 1.29 is 4.42 Å². The lowest BCUT2D eigenvalue weighted by atomic mass is 9.74. The van der Waals surface area contributed by atoms with E-state index in [1.165, 1.54) is 98.5 Å². The van der Waals surface area contributed by atoms with Crippen molar-refractivity contribution in [3.63, 3.8) is 0 Å². The van der Waals surface area contributed by atoms with E-state index < -0.39 is 0 Å². The lowest BCUT2D eigenvalue weighted by Crippen LogP contribution is -2.22. The average Bonchev–Trinajstić information content (AvgIpc) is 3.92. The van der Waals surface area contributed by atoms with Gasteiger partial charge in [-0.05, 0) is 135 Å². The highest BCUT2D eigenvalue weighted by Crippen LogP contribution is 2.53. The van der Waals surface area contributed by atoms with Crippen LogP contribution in [0.3, 0.4) is 0 Å². The van der Waals surface area contributed by atoms with Crippen molar-refractivity contribution in [1.29, 1.82) is 0 Å². The van der Waals surface area contributed by atoms with Gasteiger partial charge in [-0.15, -0.1) is 0 Å². The molecule has 2 heteroatoms. The summed E-state index contributed by atoms with van der Waals surface area (Å²) in [6.07, 6.45) is 6.45. The normalized spacial score (nSPS) is 15.7. The van der Waals surface area contributed by atoms with Gasteiger partial charge in [0.1, 0.15) is 11.2 Å². The molecule has 326 valence electrons. The SMILES string of the molecule is CC1(c2ccccc2)c2ccccc2-c2ccc(-c3ccc(N(c4ccc(-c5cccc6c5oc5ccccc56)cc4)c4ccccc4-c4cccc5cccc(C6CCCCC6)c45)cc3)cc21. The van der Waals surface area contributed by atoms with Crippen LogP contribution in [0.25, 0.3) is 77.2 Å². The molecule has 0 radical (unpaired) electrons. The fraction of sp³-hybridized carbons (Fsp3) is 0.121. The Labute approximate surface area is 398 Å². The number of hydrogen-bond donors (Lipinski definition) is 0. The zero-order valence-electron chi connectivity index (χ0n) is 38.3. The van der Waals surface area contributed by atoms with Crippen LogP contribution < -0.4 is 4.90 Å². The molecule has 0 aliphatic heterocycles. The molecule has 1 saturated carbocycles. The first-order valence-electron chi connectivity index (χ1n) is 24.4. The molecule has 0 bridgehead atoms. The van der Waals surface area contributed by atoms with Crippen molar-refractivity contribution in [2.24, 2.45) is 0 Å². The second kappa shape index (κ2) is 16.4. The Morgan fingerprint density at radius 1 is 0.441 bits per heavy atom. The molecule has 0 saturated heterocycles. The molecule has 1 atom stereocenters. The number of nitrogens with zero attached hydrogens (tertiary/aromatic N) is 1. The Bertz CT molecular complexity index is 3660. The van der Waals surface area contributed by atoms with Gasteiger partial charge in [0, 0.05) is 38.7 Å². The van der Waals surface area contributed by atoms with E-state index in [-0.39, 0.29) is 5.41 Å². The fourth-order valence-corrected chi connectivity index (χ4v) is 12.0. The minimum atomic E-state index is -0.260. The van der Waals surface area contributed by atoms with Crippen LogP contribution in [-0.4, -0.2) is 0 Å².